The second-order valence-corrected chi connectivity index (χ2v) is 6.25. The molecule has 4 nitrogen and oxygen atoms in total. The van der Waals surface area contributed by atoms with Gasteiger partial charge in [0.15, 0.2) is 0 Å². The van der Waals surface area contributed by atoms with Crippen molar-refractivity contribution in [2.24, 2.45) is 0 Å². The number of hydrogen-bond donors (Lipinski definition) is 1. The lowest BCUT2D eigenvalue weighted by Gasteiger charge is -2.38. The smallest absolute Gasteiger partial charge is 0.335 e. The number of hydrogen-bond acceptors (Lipinski definition) is 3. The Kier molecular flexibility index (Phi) is 4.67. The van der Waals surface area contributed by atoms with Crippen LogP contribution in [0.1, 0.15) is 24.2 Å². The summed E-state index contributed by atoms with van der Waals surface area (Å²) >= 11 is 2.22. The van der Waals surface area contributed by atoms with Crippen LogP contribution in [0.4, 0.5) is 5.69 Å². The number of carbonyl (C=O) groups is 1. The summed E-state index contributed by atoms with van der Waals surface area (Å²) in [7, 11) is 0. The van der Waals surface area contributed by atoms with Gasteiger partial charge in [-0.05, 0) is 54.6 Å². The van der Waals surface area contributed by atoms with Crippen molar-refractivity contribution >= 4 is 34.2 Å². The Bertz CT molecular complexity index is 469. The number of benzene rings is 1. The van der Waals surface area contributed by atoms with E-state index in [2.05, 4.69) is 46.2 Å². The van der Waals surface area contributed by atoms with Crippen molar-refractivity contribution in [1.29, 1.82) is 0 Å². The number of anilines is 1. The van der Waals surface area contributed by atoms with Crippen molar-refractivity contribution in [2.45, 2.75) is 19.9 Å². The fourth-order valence-electron chi connectivity index (χ4n) is 2.38. The summed E-state index contributed by atoms with van der Waals surface area (Å²) in [6, 6.07) is 5.95. The van der Waals surface area contributed by atoms with Crippen molar-refractivity contribution in [1.82, 2.24) is 4.90 Å². The molecular weight excluding hydrogens is 355 g/mol. The standard InChI is InChI=1S/C14H19IN2O2/c1-10(2)16-5-7-17(8-6-16)13-4-3-11(14(18)19)9-12(13)15/h3-4,9-10H,5-8H2,1-2H3,(H,18,19). The van der Waals surface area contributed by atoms with E-state index in [0.717, 1.165) is 35.4 Å². The Morgan fingerprint density at radius 1 is 1.26 bits per heavy atom. The van der Waals surface area contributed by atoms with Crippen molar-refractivity contribution in [3.05, 3.63) is 27.3 Å². The van der Waals surface area contributed by atoms with Crippen LogP contribution in [0.25, 0.3) is 0 Å². The molecule has 1 saturated heterocycles. The van der Waals surface area contributed by atoms with E-state index < -0.39 is 5.97 Å². The average Bonchev–Trinajstić information content (AvgIpc) is 2.38. The minimum atomic E-state index is -0.867. The topological polar surface area (TPSA) is 43.8 Å². The molecule has 5 heteroatoms. The molecule has 2 rings (SSSR count). The van der Waals surface area contributed by atoms with Crippen molar-refractivity contribution in [2.75, 3.05) is 31.1 Å². The predicted octanol–water partition coefficient (Wildman–Crippen LogP) is 2.52. The van der Waals surface area contributed by atoms with Gasteiger partial charge < -0.3 is 10.0 Å². The summed E-state index contributed by atoms with van der Waals surface area (Å²) in [5.41, 5.74) is 1.50. The Morgan fingerprint density at radius 2 is 1.89 bits per heavy atom. The molecule has 1 heterocycles. The van der Waals surface area contributed by atoms with Gasteiger partial charge in [0.05, 0.1) is 11.3 Å². The normalized spacial score (nSPS) is 16.9. The summed E-state index contributed by atoms with van der Waals surface area (Å²) in [6.45, 7) is 8.58. The number of rotatable bonds is 3. The summed E-state index contributed by atoms with van der Waals surface area (Å²) < 4.78 is 1.01. The first kappa shape index (κ1) is 14.6. The van der Waals surface area contributed by atoms with E-state index in [-0.39, 0.29) is 0 Å². The number of piperazine rings is 1. The zero-order valence-electron chi connectivity index (χ0n) is 11.3. The number of carboxylic acids is 1. The molecule has 1 fully saturated rings. The van der Waals surface area contributed by atoms with Crippen molar-refractivity contribution < 1.29 is 9.90 Å². The van der Waals surface area contributed by atoms with Gasteiger partial charge in [-0.2, -0.15) is 0 Å². The maximum Gasteiger partial charge on any atom is 0.335 e. The molecular formula is C14H19IN2O2. The number of halogens is 1. The lowest BCUT2D eigenvalue weighted by atomic mass is 10.1. The molecule has 1 aromatic carbocycles. The monoisotopic (exact) mass is 374 g/mol. The van der Waals surface area contributed by atoms with Crippen LogP contribution < -0.4 is 4.90 Å². The third-order valence-electron chi connectivity index (χ3n) is 3.58. The Balaban J connectivity index is 2.09. The first-order valence-corrected chi connectivity index (χ1v) is 7.58. The minimum absolute atomic E-state index is 0.356. The second-order valence-electron chi connectivity index (χ2n) is 5.09. The van der Waals surface area contributed by atoms with Gasteiger partial charge in [0, 0.05) is 35.8 Å². The molecule has 0 saturated carbocycles. The highest BCUT2D eigenvalue weighted by molar-refractivity contribution is 14.1. The first-order valence-electron chi connectivity index (χ1n) is 6.51. The third kappa shape index (κ3) is 3.39. The second kappa shape index (κ2) is 6.09. The maximum absolute atomic E-state index is 10.9. The Labute approximate surface area is 127 Å². The molecule has 1 aromatic rings. The summed E-state index contributed by atoms with van der Waals surface area (Å²) in [6.07, 6.45) is 0. The van der Waals surface area contributed by atoms with Crippen LogP contribution in [0.3, 0.4) is 0 Å². The van der Waals surface area contributed by atoms with Crippen LogP contribution in [-0.4, -0.2) is 48.2 Å². The van der Waals surface area contributed by atoms with Gasteiger partial charge in [-0.25, -0.2) is 4.79 Å². The van der Waals surface area contributed by atoms with Crippen molar-refractivity contribution in [3.63, 3.8) is 0 Å². The molecule has 0 aromatic heterocycles. The molecule has 1 N–H and O–H groups in total. The molecule has 0 bridgehead atoms. The lowest BCUT2D eigenvalue weighted by Crippen LogP contribution is -2.49. The molecule has 0 unspecified atom stereocenters. The molecule has 0 atom stereocenters. The van der Waals surface area contributed by atoms with E-state index >= 15 is 0 Å². The van der Waals surface area contributed by atoms with Crippen LogP contribution in [0.15, 0.2) is 18.2 Å². The fraction of sp³-hybridized carbons (Fsp3) is 0.500. The van der Waals surface area contributed by atoms with Gasteiger partial charge in [0.1, 0.15) is 0 Å². The molecule has 0 aliphatic carbocycles. The van der Waals surface area contributed by atoms with Crippen LogP contribution in [0.2, 0.25) is 0 Å². The highest BCUT2D eigenvalue weighted by Crippen LogP contribution is 2.25. The van der Waals surface area contributed by atoms with Crippen molar-refractivity contribution in [3.8, 4) is 0 Å². The lowest BCUT2D eigenvalue weighted by molar-refractivity contribution is 0.0697. The van der Waals surface area contributed by atoms with Gasteiger partial charge in [0.2, 0.25) is 0 Å². The first-order chi connectivity index (χ1) is 8.99. The van der Waals surface area contributed by atoms with E-state index in [1.165, 1.54) is 0 Å². The zero-order chi connectivity index (χ0) is 14.0. The Morgan fingerprint density at radius 3 is 2.37 bits per heavy atom. The van der Waals surface area contributed by atoms with Gasteiger partial charge in [0.25, 0.3) is 0 Å². The van der Waals surface area contributed by atoms with Gasteiger partial charge in [-0.15, -0.1) is 0 Å². The molecule has 1 aliphatic heterocycles. The summed E-state index contributed by atoms with van der Waals surface area (Å²) in [5.74, 6) is -0.867. The molecule has 19 heavy (non-hydrogen) atoms. The third-order valence-corrected chi connectivity index (χ3v) is 4.44. The largest absolute Gasteiger partial charge is 0.478 e. The van der Waals surface area contributed by atoms with E-state index in [1.807, 2.05) is 6.07 Å². The molecule has 0 spiro atoms. The average molecular weight is 374 g/mol. The summed E-state index contributed by atoms with van der Waals surface area (Å²) in [5, 5.41) is 8.98. The minimum Gasteiger partial charge on any atom is -0.478 e. The van der Waals surface area contributed by atoms with Crippen LogP contribution in [0, 0.1) is 3.57 Å². The molecule has 0 radical (unpaired) electrons. The molecule has 1 aliphatic rings. The van der Waals surface area contributed by atoms with Gasteiger partial charge >= 0.3 is 5.97 Å². The highest BCUT2D eigenvalue weighted by atomic mass is 127. The zero-order valence-corrected chi connectivity index (χ0v) is 13.4. The van der Waals surface area contributed by atoms with Gasteiger partial charge in [-0.3, -0.25) is 4.90 Å². The number of aromatic carboxylic acids is 1. The quantitative estimate of drug-likeness (QED) is 0.826. The van der Waals surface area contributed by atoms with Crippen LogP contribution in [0.5, 0.6) is 0 Å². The maximum atomic E-state index is 10.9. The van der Waals surface area contributed by atoms with E-state index in [0.29, 0.717) is 11.6 Å². The van der Waals surface area contributed by atoms with E-state index in [9.17, 15) is 4.79 Å². The number of carboxylic acid groups (broad SMARTS) is 1. The van der Waals surface area contributed by atoms with Crippen LogP contribution in [-0.2, 0) is 0 Å². The fourth-order valence-corrected chi connectivity index (χ4v) is 3.23. The van der Waals surface area contributed by atoms with E-state index in [1.54, 1.807) is 12.1 Å². The van der Waals surface area contributed by atoms with E-state index in [4.69, 9.17) is 5.11 Å². The SMILES string of the molecule is CC(C)N1CCN(c2ccc(C(=O)O)cc2I)CC1. The highest BCUT2D eigenvalue weighted by Gasteiger charge is 2.20. The van der Waals surface area contributed by atoms with Crippen LogP contribution >= 0.6 is 22.6 Å². The van der Waals surface area contributed by atoms with Gasteiger partial charge in [-0.1, -0.05) is 0 Å². The Hall–Kier alpha value is -0.820. The molecule has 104 valence electrons. The summed E-state index contributed by atoms with van der Waals surface area (Å²) in [4.78, 5) is 15.7. The number of nitrogens with zero attached hydrogens (tertiary/aromatic N) is 2. The molecule has 0 amide bonds. The predicted molar refractivity (Wildman–Crippen MR) is 85.0 cm³/mol.